The Morgan fingerprint density at radius 3 is 2.67 bits per heavy atom. The zero-order valence-electron chi connectivity index (χ0n) is 13.9. The van der Waals surface area contributed by atoms with Gasteiger partial charge in [0.15, 0.2) is 0 Å². The lowest BCUT2D eigenvalue weighted by molar-refractivity contribution is 0.411. The normalized spacial score (nSPS) is 11.5. The Morgan fingerprint density at radius 2 is 2.00 bits per heavy atom. The minimum absolute atomic E-state index is 0.206. The Kier molecular flexibility index (Phi) is 5.74. The van der Waals surface area contributed by atoms with Gasteiger partial charge in [-0.05, 0) is 49.6 Å². The second kappa shape index (κ2) is 7.59. The molecule has 0 bridgehead atoms. The number of ether oxygens (including phenoxy) is 1. The molecule has 1 aromatic carbocycles. The van der Waals surface area contributed by atoms with Crippen LogP contribution < -0.4 is 15.0 Å². The Hall–Kier alpha value is -2.19. The fourth-order valence-corrected chi connectivity index (χ4v) is 3.72. The summed E-state index contributed by atoms with van der Waals surface area (Å²) in [5.74, 6) is 0.654. The molecular formula is C16H21N3O4S. The summed E-state index contributed by atoms with van der Waals surface area (Å²) in [6.07, 6.45) is 1.99. The van der Waals surface area contributed by atoms with Crippen LogP contribution in [0, 0.1) is 13.8 Å². The van der Waals surface area contributed by atoms with Crippen molar-refractivity contribution < 1.29 is 13.2 Å². The second-order valence-electron chi connectivity index (χ2n) is 5.42. The molecule has 2 aromatic rings. The van der Waals surface area contributed by atoms with E-state index in [1.165, 1.54) is 16.9 Å². The van der Waals surface area contributed by atoms with E-state index in [9.17, 15) is 13.2 Å². The Balaban J connectivity index is 2.03. The van der Waals surface area contributed by atoms with Crippen molar-refractivity contribution in [2.75, 3.05) is 13.7 Å². The lowest BCUT2D eigenvalue weighted by atomic mass is 10.1. The molecule has 0 saturated heterocycles. The number of methoxy groups -OCH3 is 1. The van der Waals surface area contributed by atoms with Gasteiger partial charge in [0.2, 0.25) is 10.0 Å². The lowest BCUT2D eigenvalue weighted by Crippen LogP contribution is -2.28. The van der Waals surface area contributed by atoms with Crippen LogP contribution in [0.1, 0.15) is 17.5 Å². The zero-order chi connectivity index (χ0) is 17.7. The summed E-state index contributed by atoms with van der Waals surface area (Å²) >= 11 is 0. The fraction of sp³-hybridized carbons (Fsp3) is 0.375. The molecule has 0 unspecified atom stereocenters. The van der Waals surface area contributed by atoms with Crippen LogP contribution in [0.3, 0.4) is 0 Å². The van der Waals surface area contributed by atoms with Gasteiger partial charge in [0.25, 0.3) is 5.56 Å². The second-order valence-corrected chi connectivity index (χ2v) is 7.16. The molecule has 24 heavy (non-hydrogen) atoms. The Bertz CT molecular complexity index is 875. The molecule has 0 fully saturated rings. The van der Waals surface area contributed by atoms with Crippen LogP contribution in [0.15, 0.2) is 40.2 Å². The van der Waals surface area contributed by atoms with E-state index in [0.29, 0.717) is 24.3 Å². The number of nitrogens with zero attached hydrogens (tertiary/aromatic N) is 2. The van der Waals surface area contributed by atoms with Crippen molar-refractivity contribution in [2.45, 2.75) is 31.7 Å². The summed E-state index contributed by atoms with van der Waals surface area (Å²) in [5.41, 5.74) is 1.16. The van der Waals surface area contributed by atoms with E-state index >= 15 is 0 Å². The van der Waals surface area contributed by atoms with Gasteiger partial charge in [0.1, 0.15) is 5.75 Å². The van der Waals surface area contributed by atoms with Crippen molar-refractivity contribution >= 4 is 10.0 Å². The molecule has 8 heteroatoms. The molecule has 0 aliphatic carbocycles. The van der Waals surface area contributed by atoms with Crippen LogP contribution in [-0.2, 0) is 16.6 Å². The number of hydrogen-bond acceptors (Lipinski definition) is 5. The molecule has 0 radical (unpaired) electrons. The summed E-state index contributed by atoms with van der Waals surface area (Å²) in [6.45, 7) is 4.09. The number of hydrogen-bond donors (Lipinski definition) is 1. The minimum atomic E-state index is -3.62. The van der Waals surface area contributed by atoms with Crippen molar-refractivity contribution in [1.29, 1.82) is 0 Å². The topological polar surface area (TPSA) is 90.3 Å². The van der Waals surface area contributed by atoms with Gasteiger partial charge in [0.05, 0.1) is 12.0 Å². The molecule has 0 amide bonds. The number of aromatic nitrogens is 2. The monoisotopic (exact) mass is 351 g/mol. The molecule has 0 spiro atoms. The minimum Gasteiger partial charge on any atom is -0.496 e. The standard InChI is InChI=1S/C16H21N3O4S/c1-12-11-15(13(2)10-14(12)23-3)24(21,22)18-8-5-9-19-16(20)6-4-7-17-19/h4,6-7,10-11,18H,5,8-9H2,1-3H3. The van der Waals surface area contributed by atoms with Crippen molar-refractivity contribution in [3.05, 3.63) is 51.9 Å². The smallest absolute Gasteiger partial charge is 0.266 e. The lowest BCUT2D eigenvalue weighted by Gasteiger charge is -2.13. The molecule has 1 aromatic heterocycles. The van der Waals surface area contributed by atoms with Gasteiger partial charge in [-0.3, -0.25) is 4.79 Å². The van der Waals surface area contributed by atoms with E-state index < -0.39 is 10.0 Å². The Labute approximate surface area is 141 Å². The quantitative estimate of drug-likeness (QED) is 0.758. The summed E-state index contributed by atoms with van der Waals surface area (Å²) in [5, 5.41) is 3.93. The molecule has 1 heterocycles. The molecule has 0 aliphatic rings. The van der Waals surface area contributed by atoms with E-state index in [1.807, 2.05) is 0 Å². The highest BCUT2D eigenvalue weighted by Gasteiger charge is 2.18. The molecular weight excluding hydrogens is 330 g/mol. The van der Waals surface area contributed by atoms with Crippen LogP contribution in [0.25, 0.3) is 0 Å². The summed E-state index contributed by atoms with van der Waals surface area (Å²) in [7, 11) is -2.07. The highest BCUT2D eigenvalue weighted by atomic mass is 32.2. The van der Waals surface area contributed by atoms with E-state index in [4.69, 9.17) is 4.74 Å². The maximum atomic E-state index is 12.4. The van der Waals surface area contributed by atoms with Crippen molar-refractivity contribution in [2.24, 2.45) is 0 Å². The van der Waals surface area contributed by atoms with E-state index in [1.54, 1.807) is 39.2 Å². The van der Waals surface area contributed by atoms with Gasteiger partial charge < -0.3 is 4.74 Å². The van der Waals surface area contributed by atoms with Gasteiger partial charge in [0, 0.05) is 25.4 Å². The molecule has 2 rings (SSSR count). The van der Waals surface area contributed by atoms with E-state index in [0.717, 1.165) is 5.56 Å². The molecule has 0 aliphatic heterocycles. The Morgan fingerprint density at radius 1 is 1.25 bits per heavy atom. The van der Waals surface area contributed by atoms with Crippen molar-refractivity contribution in [3.8, 4) is 5.75 Å². The SMILES string of the molecule is COc1cc(C)c(S(=O)(=O)NCCCn2ncccc2=O)cc1C. The summed E-state index contributed by atoms with van der Waals surface area (Å²) in [6, 6.07) is 6.29. The van der Waals surface area contributed by atoms with Crippen LogP contribution in [0.4, 0.5) is 0 Å². The molecule has 130 valence electrons. The number of rotatable bonds is 7. The van der Waals surface area contributed by atoms with Crippen LogP contribution >= 0.6 is 0 Å². The highest BCUT2D eigenvalue weighted by molar-refractivity contribution is 7.89. The van der Waals surface area contributed by atoms with Gasteiger partial charge >= 0.3 is 0 Å². The third kappa shape index (κ3) is 4.21. The van der Waals surface area contributed by atoms with Crippen LogP contribution in [0.5, 0.6) is 5.75 Å². The largest absolute Gasteiger partial charge is 0.496 e. The molecule has 0 saturated carbocycles. The number of nitrogens with one attached hydrogen (secondary N) is 1. The first-order valence-electron chi connectivity index (χ1n) is 7.52. The zero-order valence-corrected chi connectivity index (χ0v) is 14.8. The maximum Gasteiger partial charge on any atom is 0.266 e. The molecule has 7 nitrogen and oxygen atoms in total. The highest BCUT2D eigenvalue weighted by Crippen LogP contribution is 2.25. The average molecular weight is 351 g/mol. The first kappa shape index (κ1) is 18.2. The van der Waals surface area contributed by atoms with Crippen LogP contribution in [-0.4, -0.2) is 31.9 Å². The van der Waals surface area contributed by atoms with E-state index in [-0.39, 0.29) is 17.0 Å². The number of aryl methyl sites for hydroxylation is 3. The fourth-order valence-electron chi connectivity index (χ4n) is 2.34. The van der Waals surface area contributed by atoms with Gasteiger partial charge in [-0.25, -0.2) is 17.8 Å². The predicted octanol–water partition coefficient (Wildman–Crippen LogP) is 1.24. The average Bonchev–Trinajstić information content (AvgIpc) is 2.54. The van der Waals surface area contributed by atoms with E-state index in [2.05, 4.69) is 9.82 Å². The first-order chi connectivity index (χ1) is 11.3. The maximum absolute atomic E-state index is 12.4. The third-order valence-corrected chi connectivity index (χ3v) is 5.21. The van der Waals surface area contributed by atoms with Gasteiger partial charge in [-0.2, -0.15) is 5.10 Å². The van der Waals surface area contributed by atoms with Crippen molar-refractivity contribution in [1.82, 2.24) is 14.5 Å². The van der Waals surface area contributed by atoms with Gasteiger partial charge in [-0.1, -0.05) is 0 Å². The molecule has 0 atom stereocenters. The summed E-state index contributed by atoms with van der Waals surface area (Å²) < 4.78 is 34.0. The number of sulfonamides is 1. The van der Waals surface area contributed by atoms with Gasteiger partial charge in [-0.15, -0.1) is 0 Å². The van der Waals surface area contributed by atoms with Crippen LogP contribution in [0.2, 0.25) is 0 Å². The van der Waals surface area contributed by atoms with Crippen molar-refractivity contribution in [3.63, 3.8) is 0 Å². The predicted molar refractivity (Wildman–Crippen MR) is 90.8 cm³/mol. The number of benzene rings is 1. The molecule has 1 N–H and O–H groups in total. The first-order valence-corrected chi connectivity index (χ1v) is 9.00. The third-order valence-electron chi connectivity index (χ3n) is 3.61. The summed E-state index contributed by atoms with van der Waals surface area (Å²) in [4.78, 5) is 11.8.